The van der Waals surface area contributed by atoms with Crippen molar-refractivity contribution in [2.75, 3.05) is 0 Å². The van der Waals surface area contributed by atoms with Gasteiger partial charge >= 0.3 is 0 Å². The normalized spacial score (nSPS) is 13.4. The molecule has 3 aromatic heterocycles. The third-order valence-electron chi connectivity index (χ3n) is 6.21. The Labute approximate surface area is 228 Å². The average molecular weight is 535 g/mol. The van der Waals surface area contributed by atoms with Gasteiger partial charge in [-0.3, -0.25) is 0 Å². The second kappa shape index (κ2) is 10.8. The van der Waals surface area contributed by atoms with Crippen LogP contribution in [0.2, 0.25) is 0 Å². The van der Waals surface area contributed by atoms with E-state index >= 15 is 0 Å². The lowest BCUT2D eigenvalue weighted by Crippen LogP contribution is -2.00. The standard InChI is InChI=1S/C31H22N2OS3/c32-19-27-29(28-12-6-16-36-28)26-14-13-22(18-25-11-5-15-35-25)30(26)33-31(27)37-20-21-7-4-10-24(17-21)34-23-8-2-1-3-9-23/h1-12,15-18H,13-14,20H2. The minimum atomic E-state index is 0.681. The first-order valence-corrected chi connectivity index (χ1v) is 14.7. The summed E-state index contributed by atoms with van der Waals surface area (Å²) >= 11 is 5.04. The Morgan fingerprint density at radius 3 is 2.54 bits per heavy atom. The number of fused-ring (bicyclic) bond motifs is 1. The molecular weight excluding hydrogens is 513 g/mol. The van der Waals surface area contributed by atoms with E-state index < -0.39 is 0 Å². The van der Waals surface area contributed by atoms with E-state index in [1.54, 1.807) is 34.4 Å². The number of nitriles is 1. The van der Waals surface area contributed by atoms with Crippen molar-refractivity contribution in [1.29, 1.82) is 5.26 Å². The monoisotopic (exact) mass is 534 g/mol. The highest BCUT2D eigenvalue weighted by molar-refractivity contribution is 7.98. The van der Waals surface area contributed by atoms with Gasteiger partial charge in [-0.1, -0.05) is 42.5 Å². The summed E-state index contributed by atoms with van der Waals surface area (Å²) in [5.74, 6) is 2.30. The zero-order valence-electron chi connectivity index (χ0n) is 19.9. The van der Waals surface area contributed by atoms with Gasteiger partial charge in [0.25, 0.3) is 0 Å². The van der Waals surface area contributed by atoms with E-state index in [-0.39, 0.29) is 0 Å². The molecule has 0 N–H and O–H groups in total. The van der Waals surface area contributed by atoms with Crippen LogP contribution in [0.3, 0.4) is 0 Å². The number of thiophene rings is 2. The summed E-state index contributed by atoms with van der Waals surface area (Å²) in [4.78, 5) is 7.48. The van der Waals surface area contributed by atoms with Crippen LogP contribution in [0.15, 0.2) is 94.6 Å². The minimum absolute atomic E-state index is 0.681. The quantitative estimate of drug-likeness (QED) is 0.195. The van der Waals surface area contributed by atoms with E-state index in [1.165, 1.54) is 16.0 Å². The van der Waals surface area contributed by atoms with Gasteiger partial charge in [0.1, 0.15) is 22.6 Å². The number of para-hydroxylation sites is 1. The summed E-state index contributed by atoms with van der Waals surface area (Å²) < 4.78 is 6.03. The van der Waals surface area contributed by atoms with Crippen LogP contribution < -0.4 is 4.74 Å². The summed E-state index contributed by atoms with van der Waals surface area (Å²) in [5.41, 5.74) is 6.35. The van der Waals surface area contributed by atoms with Crippen LogP contribution in [-0.4, -0.2) is 4.98 Å². The lowest BCUT2D eigenvalue weighted by Gasteiger charge is -2.14. The second-order valence-corrected chi connectivity index (χ2v) is 11.5. The molecule has 0 aliphatic heterocycles. The highest BCUT2D eigenvalue weighted by Gasteiger charge is 2.27. The number of hydrogen-bond donors (Lipinski definition) is 0. The molecule has 0 spiro atoms. The number of thioether (sulfide) groups is 1. The molecule has 0 bridgehead atoms. The fourth-order valence-electron chi connectivity index (χ4n) is 4.55. The Balaban J connectivity index is 1.35. The Bertz CT molecular complexity index is 1600. The van der Waals surface area contributed by atoms with E-state index in [0.29, 0.717) is 11.3 Å². The van der Waals surface area contributed by atoms with Crippen molar-refractivity contribution in [3.05, 3.63) is 117 Å². The topological polar surface area (TPSA) is 45.9 Å². The van der Waals surface area contributed by atoms with Crippen LogP contribution in [0.25, 0.3) is 22.1 Å². The van der Waals surface area contributed by atoms with Gasteiger partial charge < -0.3 is 4.74 Å². The largest absolute Gasteiger partial charge is 0.457 e. The number of rotatable bonds is 7. The molecule has 3 heterocycles. The van der Waals surface area contributed by atoms with Crippen LogP contribution in [0, 0.1) is 11.3 Å². The molecule has 37 heavy (non-hydrogen) atoms. The number of pyridine rings is 1. The van der Waals surface area contributed by atoms with E-state index in [9.17, 15) is 5.26 Å². The molecule has 6 heteroatoms. The number of ether oxygens (including phenoxy) is 1. The predicted molar refractivity (Wildman–Crippen MR) is 155 cm³/mol. The van der Waals surface area contributed by atoms with Crippen molar-refractivity contribution in [3.8, 4) is 28.0 Å². The number of hydrogen-bond acceptors (Lipinski definition) is 6. The van der Waals surface area contributed by atoms with Gasteiger partial charge in [0.15, 0.2) is 0 Å². The van der Waals surface area contributed by atoms with Gasteiger partial charge in [0, 0.05) is 21.1 Å². The molecule has 0 radical (unpaired) electrons. The van der Waals surface area contributed by atoms with Crippen molar-refractivity contribution < 1.29 is 4.74 Å². The lowest BCUT2D eigenvalue weighted by molar-refractivity contribution is 0.482. The zero-order valence-corrected chi connectivity index (χ0v) is 22.3. The fraction of sp³-hybridized carbons (Fsp3) is 0.0968. The van der Waals surface area contributed by atoms with E-state index in [0.717, 1.165) is 51.1 Å². The summed E-state index contributed by atoms with van der Waals surface area (Å²) in [6.07, 6.45) is 4.11. The molecule has 5 aromatic rings. The average Bonchev–Trinajstić information content (AvgIpc) is 3.71. The summed E-state index contributed by atoms with van der Waals surface area (Å²) in [7, 11) is 0. The summed E-state index contributed by atoms with van der Waals surface area (Å²) in [6, 6.07) is 28.8. The molecule has 1 aliphatic rings. The predicted octanol–water partition coefficient (Wildman–Crippen LogP) is 9.31. The van der Waals surface area contributed by atoms with Crippen LogP contribution in [-0.2, 0) is 12.2 Å². The highest BCUT2D eigenvalue weighted by Crippen LogP contribution is 2.44. The van der Waals surface area contributed by atoms with Gasteiger partial charge in [0.05, 0.1) is 11.3 Å². The number of benzene rings is 2. The smallest absolute Gasteiger partial charge is 0.127 e. The van der Waals surface area contributed by atoms with Gasteiger partial charge in [-0.2, -0.15) is 5.26 Å². The number of aromatic nitrogens is 1. The minimum Gasteiger partial charge on any atom is -0.457 e. The Morgan fingerprint density at radius 2 is 1.76 bits per heavy atom. The van der Waals surface area contributed by atoms with Crippen LogP contribution >= 0.6 is 34.4 Å². The molecule has 0 saturated heterocycles. The van der Waals surface area contributed by atoms with Crippen LogP contribution in [0.1, 0.15) is 33.7 Å². The van der Waals surface area contributed by atoms with Gasteiger partial charge in [-0.25, -0.2) is 4.98 Å². The van der Waals surface area contributed by atoms with Gasteiger partial charge in [0.2, 0.25) is 0 Å². The maximum atomic E-state index is 10.3. The first-order chi connectivity index (χ1) is 18.3. The molecule has 0 atom stereocenters. The number of nitrogens with zero attached hydrogens (tertiary/aromatic N) is 2. The fourth-order valence-corrected chi connectivity index (χ4v) is 6.97. The van der Waals surface area contributed by atoms with Gasteiger partial charge in [-0.15, -0.1) is 34.4 Å². The zero-order chi connectivity index (χ0) is 25.0. The Kier molecular flexibility index (Phi) is 6.92. The third-order valence-corrected chi connectivity index (χ3v) is 8.96. The maximum Gasteiger partial charge on any atom is 0.127 e. The molecule has 0 saturated carbocycles. The molecule has 0 fully saturated rings. The van der Waals surface area contributed by atoms with E-state index in [2.05, 4.69) is 59.3 Å². The highest BCUT2D eigenvalue weighted by atomic mass is 32.2. The van der Waals surface area contributed by atoms with Crippen molar-refractivity contribution in [1.82, 2.24) is 4.98 Å². The van der Waals surface area contributed by atoms with Crippen molar-refractivity contribution in [3.63, 3.8) is 0 Å². The van der Waals surface area contributed by atoms with Crippen molar-refractivity contribution in [2.45, 2.75) is 23.6 Å². The van der Waals surface area contributed by atoms with E-state index in [1.807, 2.05) is 42.5 Å². The molecule has 0 unspecified atom stereocenters. The molecule has 3 nitrogen and oxygen atoms in total. The molecule has 2 aromatic carbocycles. The molecule has 0 amide bonds. The van der Waals surface area contributed by atoms with Crippen molar-refractivity contribution >= 4 is 46.1 Å². The SMILES string of the molecule is N#Cc1c(SCc2cccc(Oc3ccccc3)c2)nc2c(c1-c1cccs1)CCC2=Cc1cccs1. The molecule has 1 aliphatic carbocycles. The number of allylic oxidation sites excluding steroid dienone is 1. The molecule has 6 rings (SSSR count). The first-order valence-electron chi connectivity index (χ1n) is 12.0. The third kappa shape index (κ3) is 5.12. The second-order valence-electron chi connectivity index (χ2n) is 8.62. The maximum absolute atomic E-state index is 10.3. The van der Waals surface area contributed by atoms with Gasteiger partial charge in [-0.05, 0) is 82.8 Å². The van der Waals surface area contributed by atoms with Crippen molar-refractivity contribution in [2.24, 2.45) is 0 Å². The van der Waals surface area contributed by atoms with E-state index in [4.69, 9.17) is 9.72 Å². The Morgan fingerprint density at radius 1 is 0.919 bits per heavy atom. The lowest BCUT2D eigenvalue weighted by atomic mass is 10.0. The van der Waals surface area contributed by atoms with Crippen LogP contribution in [0.5, 0.6) is 11.5 Å². The van der Waals surface area contributed by atoms with Crippen LogP contribution in [0.4, 0.5) is 0 Å². The Hall–Kier alpha value is -3.63. The molecule has 180 valence electrons. The first kappa shape index (κ1) is 23.7. The summed E-state index contributed by atoms with van der Waals surface area (Å²) in [6.45, 7) is 0. The summed E-state index contributed by atoms with van der Waals surface area (Å²) in [5, 5.41) is 15.2. The molecular formula is C31H22N2OS3.